The van der Waals surface area contributed by atoms with Crippen LogP contribution in [0.2, 0.25) is 0 Å². The predicted octanol–water partition coefficient (Wildman–Crippen LogP) is 1.79. The molecule has 0 aliphatic heterocycles. The number of pyridine rings is 1. The Labute approximate surface area is 73.9 Å². The zero-order valence-electron chi connectivity index (χ0n) is 6.27. The number of nitrogen functional groups attached to an aromatic ring is 1. The molecule has 0 atom stereocenters. The van der Waals surface area contributed by atoms with Gasteiger partial charge < -0.3 is 5.73 Å². The molecule has 2 N–H and O–H groups in total. The van der Waals surface area contributed by atoms with E-state index in [1.54, 1.807) is 18.6 Å². The van der Waals surface area contributed by atoms with Crippen LogP contribution in [0, 0.1) is 0 Å². The molecular formula is C8H7N3S. The summed E-state index contributed by atoms with van der Waals surface area (Å²) in [7, 11) is 0. The Morgan fingerprint density at radius 3 is 2.58 bits per heavy atom. The first kappa shape index (κ1) is 7.24. The van der Waals surface area contributed by atoms with Gasteiger partial charge in [-0.3, -0.25) is 4.98 Å². The van der Waals surface area contributed by atoms with Crippen LogP contribution < -0.4 is 5.73 Å². The first-order chi connectivity index (χ1) is 5.86. The van der Waals surface area contributed by atoms with Crippen molar-refractivity contribution < 1.29 is 0 Å². The van der Waals surface area contributed by atoms with Crippen LogP contribution in [-0.4, -0.2) is 9.97 Å². The molecule has 0 saturated carbocycles. The van der Waals surface area contributed by atoms with Gasteiger partial charge in [-0.1, -0.05) is 11.3 Å². The SMILES string of the molecule is Nc1ncc(-c2ccncc2)s1. The van der Waals surface area contributed by atoms with Gasteiger partial charge >= 0.3 is 0 Å². The summed E-state index contributed by atoms with van der Waals surface area (Å²) in [5.41, 5.74) is 6.62. The normalized spacial score (nSPS) is 10.0. The molecule has 0 aliphatic carbocycles. The van der Waals surface area contributed by atoms with Crippen molar-refractivity contribution in [2.45, 2.75) is 0 Å². The Morgan fingerprint density at radius 1 is 1.25 bits per heavy atom. The lowest BCUT2D eigenvalue weighted by Crippen LogP contribution is -1.77. The summed E-state index contributed by atoms with van der Waals surface area (Å²) in [5, 5.41) is 0.599. The van der Waals surface area contributed by atoms with E-state index in [2.05, 4.69) is 9.97 Å². The van der Waals surface area contributed by atoms with Crippen molar-refractivity contribution in [3.8, 4) is 10.4 Å². The monoisotopic (exact) mass is 177 g/mol. The highest BCUT2D eigenvalue weighted by atomic mass is 32.1. The lowest BCUT2D eigenvalue weighted by molar-refractivity contribution is 1.33. The quantitative estimate of drug-likeness (QED) is 0.722. The van der Waals surface area contributed by atoms with Gasteiger partial charge in [0.2, 0.25) is 0 Å². The lowest BCUT2D eigenvalue weighted by atomic mass is 10.2. The summed E-state index contributed by atoms with van der Waals surface area (Å²) in [4.78, 5) is 8.98. The van der Waals surface area contributed by atoms with Crippen molar-refractivity contribution in [3.63, 3.8) is 0 Å². The van der Waals surface area contributed by atoms with Crippen LogP contribution in [0.4, 0.5) is 5.13 Å². The Kier molecular flexibility index (Phi) is 1.75. The molecule has 2 heterocycles. The molecule has 12 heavy (non-hydrogen) atoms. The molecule has 0 spiro atoms. The van der Waals surface area contributed by atoms with E-state index in [1.807, 2.05) is 12.1 Å². The Bertz CT molecular complexity index is 369. The molecule has 2 aromatic rings. The van der Waals surface area contributed by atoms with Crippen molar-refractivity contribution in [1.82, 2.24) is 9.97 Å². The molecule has 2 aromatic heterocycles. The van der Waals surface area contributed by atoms with Crippen molar-refractivity contribution in [2.75, 3.05) is 5.73 Å². The molecule has 0 aliphatic rings. The highest BCUT2D eigenvalue weighted by molar-refractivity contribution is 7.18. The minimum Gasteiger partial charge on any atom is -0.375 e. The maximum Gasteiger partial charge on any atom is 0.180 e. The second-order valence-electron chi connectivity index (χ2n) is 2.30. The van der Waals surface area contributed by atoms with Crippen LogP contribution in [0.15, 0.2) is 30.7 Å². The Hall–Kier alpha value is -1.42. The van der Waals surface area contributed by atoms with E-state index in [4.69, 9.17) is 5.73 Å². The number of hydrogen-bond acceptors (Lipinski definition) is 4. The second kappa shape index (κ2) is 2.91. The van der Waals surface area contributed by atoms with Crippen LogP contribution in [0.25, 0.3) is 10.4 Å². The smallest absolute Gasteiger partial charge is 0.180 e. The third-order valence-corrected chi connectivity index (χ3v) is 2.36. The maximum atomic E-state index is 5.51. The van der Waals surface area contributed by atoms with E-state index in [1.165, 1.54) is 11.3 Å². The molecule has 0 aromatic carbocycles. The average molecular weight is 177 g/mol. The van der Waals surface area contributed by atoms with Crippen molar-refractivity contribution in [3.05, 3.63) is 30.7 Å². The molecule has 3 nitrogen and oxygen atoms in total. The number of aromatic nitrogens is 2. The molecule has 0 saturated heterocycles. The summed E-state index contributed by atoms with van der Waals surface area (Å²) in [6.07, 6.45) is 5.28. The summed E-state index contributed by atoms with van der Waals surface area (Å²) in [6, 6.07) is 3.87. The first-order valence-corrected chi connectivity index (χ1v) is 4.29. The summed E-state index contributed by atoms with van der Waals surface area (Å²) >= 11 is 1.48. The van der Waals surface area contributed by atoms with E-state index >= 15 is 0 Å². The molecule has 0 amide bonds. The van der Waals surface area contributed by atoms with E-state index in [0.717, 1.165) is 10.4 Å². The number of nitrogens with two attached hydrogens (primary N) is 1. The standard InChI is InChI=1S/C8H7N3S/c9-8-11-5-7(12-8)6-1-3-10-4-2-6/h1-5H,(H2,9,11). The average Bonchev–Trinajstić information content (AvgIpc) is 2.54. The molecule has 0 fully saturated rings. The maximum absolute atomic E-state index is 5.51. The summed E-state index contributed by atoms with van der Waals surface area (Å²) < 4.78 is 0. The van der Waals surface area contributed by atoms with Gasteiger partial charge in [0.05, 0.1) is 4.88 Å². The molecular weight excluding hydrogens is 170 g/mol. The van der Waals surface area contributed by atoms with Crippen LogP contribution in [-0.2, 0) is 0 Å². The van der Waals surface area contributed by atoms with Crippen molar-refractivity contribution in [2.24, 2.45) is 0 Å². The summed E-state index contributed by atoms with van der Waals surface area (Å²) in [6.45, 7) is 0. The van der Waals surface area contributed by atoms with Gasteiger partial charge in [0.1, 0.15) is 0 Å². The van der Waals surface area contributed by atoms with Crippen LogP contribution in [0.5, 0.6) is 0 Å². The van der Waals surface area contributed by atoms with Gasteiger partial charge in [-0.15, -0.1) is 0 Å². The van der Waals surface area contributed by atoms with Gasteiger partial charge in [0, 0.05) is 18.6 Å². The van der Waals surface area contributed by atoms with Gasteiger partial charge in [0.15, 0.2) is 5.13 Å². The molecule has 60 valence electrons. The number of thiazole rings is 1. The first-order valence-electron chi connectivity index (χ1n) is 3.48. The number of rotatable bonds is 1. The Balaban J connectivity index is 2.45. The van der Waals surface area contributed by atoms with Crippen molar-refractivity contribution in [1.29, 1.82) is 0 Å². The zero-order chi connectivity index (χ0) is 8.39. The van der Waals surface area contributed by atoms with E-state index < -0.39 is 0 Å². The second-order valence-corrected chi connectivity index (χ2v) is 3.36. The zero-order valence-corrected chi connectivity index (χ0v) is 7.08. The van der Waals surface area contributed by atoms with E-state index in [-0.39, 0.29) is 0 Å². The third-order valence-electron chi connectivity index (χ3n) is 1.49. The van der Waals surface area contributed by atoms with E-state index in [9.17, 15) is 0 Å². The van der Waals surface area contributed by atoms with Gasteiger partial charge in [-0.25, -0.2) is 4.98 Å². The number of hydrogen-bond donors (Lipinski definition) is 1. The van der Waals surface area contributed by atoms with Gasteiger partial charge in [-0.05, 0) is 17.7 Å². The molecule has 4 heteroatoms. The largest absolute Gasteiger partial charge is 0.375 e. The highest BCUT2D eigenvalue weighted by Crippen LogP contribution is 2.26. The number of nitrogens with zero attached hydrogens (tertiary/aromatic N) is 2. The molecule has 0 unspecified atom stereocenters. The minimum absolute atomic E-state index is 0.599. The van der Waals surface area contributed by atoms with Crippen LogP contribution in [0.3, 0.4) is 0 Å². The highest BCUT2D eigenvalue weighted by Gasteiger charge is 1.99. The number of anilines is 1. The van der Waals surface area contributed by atoms with Crippen molar-refractivity contribution >= 4 is 16.5 Å². The van der Waals surface area contributed by atoms with Crippen LogP contribution >= 0.6 is 11.3 Å². The van der Waals surface area contributed by atoms with Gasteiger partial charge in [-0.2, -0.15) is 0 Å². The fraction of sp³-hybridized carbons (Fsp3) is 0. The third kappa shape index (κ3) is 1.29. The topological polar surface area (TPSA) is 51.8 Å². The molecule has 0 bridgehead atoms. The molecule has 0 radical (unpaired) electrons. The van der Waals surface area contributed by atoms with Crippen LogP contribution in [0.1, 0.15) is 0 Å². The molecule has 2 rings (SSSR count). The summed E-state index contributed by atoms with van der Waals surface area (Å²) in [5.74, 6) is 0. The van der Waals surface area contributed by atoms with E-state index in [0.29, 0.717) is 5.13 Å². The fourth-order valence-electron chi connectivity index (χ4n) is 0.937. The predicted molar refractivity (Wildman–Crippen MR) is 49.8 cm³/mol. The Morgan fingerprint density at radius 2 is 2.00 bits per heavy atom. The van der Waals surface area contributed by atoms with Gasteiger partial charge in [0.25, 0.3) is 0 Å². The lowest BCUT2D eigenvalue weighted by Gasteiger charge is -1.91. The fourth-order valence-corrected chi connectivity index (χ4v) is 1.63. The minimum atomic E-state index is 0.599.